The van der Waals surface area contributed by atoms with Gasteiger partial charge in [0.05, 0.1) is 10.9 Å². The van der Waals surface area contributed by atoms with Gasteiger partial charge in [-0.2, -0.15) is 0 Å². The number of nitrogens with zero attached hydrogens (tertiary/aromatic N) is 2. The summed E-state index contributed by atoms with van der Waals surface area (Å²) in [5.74, 6) is -2.97. The molecule has 26 heavy (non-hydrogen) atoms. The lowest BCUT2D eigenvalue weighted by atomic mass is 9.91. The molecule has 1 aromatic carbocycles. The fourth-order valence-electron chi connectivity index (χ4n) is 3.46. The standard InChI is InChI=1S/C18H21F2N3O3/c1-3-23-16(25)13-5-4-11(10-14(13)21-17(23)26)15(24)22(2)12-6-8-18(19,20)9-7-12/h4-5,10,12H,3,6-9H2,1-2H3,(H,21,26). The van der Waals surface area contributed by atoms with E-state index in [1.54, 1.807) is 14.0 Å². The number of hydrogen-bond donors (Lipinski definition) is 1. The van der Waals surface area contributed by atoms with Gasteiger partial charge in [0.15, 0.2) is 0 Å². The molecule has 1 aromatic heterocycles. The third kappa shape index (κ3) is 3.27. The molecule has 1 aliphatic carbocycles. The lowest BCUT2D eigenvalue weighted by Crippen LogP contribution is -2.41. The monoisotopic (exact) mass is 365 g/mol. The number of halogens is 2. The topological polar surface area (TPSA) is 75.2 Å². The van der Waals surface area contributed by atoms with Gasteiger partial charge in [-0.25, -0.2) is 13.6 Å². The van der Waals surface area contributed by atoms with E-state index in [-0.39, 0.29) is 44.2 Å². The SMILES string of the molecule is CCn1c(=O)[nH]c2cc(C(=O)N(C)C3CCC(F)(F)CC3)ccc2c1=O. The summed E-state index contributed by atoms with van der Waals surface area (Å²) in [5, 5.41) is 0.322. The van der Waals surface area contributed by atoms with Gasteiger partial charge in [0.1, 0.15) is 0 Å². The third-order valence-electron chi connectivity index (χ3n) is 5.10. The number of carbonyl (C=O) groups excluding carboxylic acids is 1. The maximum atomic E-state index is 13.3. The Hall–Kier alpha value is -2.51. The Bertz CT molecular complexity index is 954. The Morgan fingerprint density at radius 2 is 1.96 bits per heavy atom. The number of nitrogens with one attached hydrogen (secondary N) is 1. The fourth-order valence-corrected chi connectivity index (χ4v) is 3.46. The summed E-state index contributed by atoms with van der Waals surface area (Å²) in [5.41, 5.74) is -0.341. The Morgan fingerprint density at radius 1 is 1.31 bits per heavy atom. The van der Waals surface area contributed by atoms with Crippen LogP contribution in [0.15, 0.2) is 27.8 Å². The summed E-state index contributed by atoms with van der Waals surface area (Å²) in [6.45, 7) is 1.95. The molecule has 0 radical (unpaired) electrons. The quantitative estimate of drug-likeness (QED) is 0.907. The molecule has 0 bridgehead atoms. The van der Waals surface area contributed by atoms with Crippen molar-refractivity contribution in [1.82, 2.24) is 14.5 Å². The summed E-state index contributed by atoms with van der Waals surface area (Å²) < 4.78 is 27.7. The van der Waals surface area contributed by atoms with Crippen molar-refractivity contribution in [3.8, 4) is 0 Å². The molecule has 1 fully saturated rings. The van der Waals surface area contributed by atoms with Crippen LogP contribution in [0.4, 0.5) is 8.78 Å². The molecule has 0 atom stereocenters. The van der Waals surface area contributed by atoms with Crippen molar-refractivity contribution in [1.29, 1.82) is 0 Å². The van der Waals surface area contributed by atoms with Gasteiger partial charge in [-0.3, -0.25) is 14.2 Å². The highest BCUT2D eigenvalue weighted by Gasteiger charge is 2.37. The molecule has 0 saturated heterocycles. The van der Waals surface area contributed by atoms with E-state index >= 15 is 0 Å². The first kappa shape index (κ1) is 18.3. The van der Waals surface area contributed by atoms with Gasteiger partial charge >= 0.3 is 5.69 Å². The van der Waals surface area contributed by atoms with Crippen molar-refractivity contribution in [2.75, 3.05) is 7.05 Å². The second-order valence-corrected chi connectivity index (χ2v) is 6.74. The van der Waals surface area contributed by atoms with Crippen molar-refractivity contribution in [3.63, 3.8) is 0 Å². The van der Waals surface area contributed by atoms with Crippen LogP contribution >= 0.6 is 0 Å². The van der Waals surface area contributed by atoms with Crippen LogP contribution in [0, 0.1) is 0 Å². The van der Waals surface area contributed by atoms with Crippen molar-refractivity contribution < 1.29 is 13.6 Å². The van der Waals surface area contributed by atoms with Gasteiger partial charge in [-0.15, -0.1) is 0 Å². The molecule has 0 aliphatic heterocycles. The van der Waals surface area contributed by atoms with E-state index in [9.17, 15) is 23.2 Å². The summed E-state index contributed by atoms with van der Waals surface area (Å²) in [6.07, 6.45) is 0.0511. The van der Waals surface area contributed by atoms with E-state index in [0.717, 1.165) is 4.57 Å². The van der Waals surface area contributed by atoms with Gasteiger partial charge in [-0.1, -0.05) is 0 Å². The van der Waals surface area contributed by atoms with Gasteiger partial charge in [-0.05, 0) is 38.0 Å². The number of aromatic nitrogens is 2. The van der Waals surface area contributed by atoms with E-state index in [2.05, 4.69) is 4.98 Å². The number of benzene rings is 1. The minimum absolute atomic E-state index is 0.225. The van der Waals surface area contributed by atoms with Crippen LogP contribution in [0.2, 0.25) is 0 Å². The van der Waals surface area contributed by atoms with Crippen LogP contribution in [0.1, 0.15) is 43.0 Å². The predicted octanol–water partition coefficient (Wildman–Crippen LogP) is 2.36. The van der Waals surface area contributed by atoms with Gasteiger partial charge in [0, 0.05) is 38.0 Å². The molecular formula is C18H21F2N3O3. The van der Waals surface area contributed by atoms with E-state index in [4.69, 9.17) is 0 Å². The van der Waals surface area contributed by atoms with E-state index < -0.39 is 17.2 Å². The van der Waals surface area contributed by atoms with E-state index in [0.29, 0.717) is 16.5 Å². The van der Waals surface area contributed by atoms with Crippen LogP contribution in [0.5, 0.6) is 0 Å². The number of rotatable bonds is 3. The number of carbonyl (C=O) groups is 1. The molecule has 6 nitrogen and oxygen atoms in total. The normalized spacial score (nSPS) is 17.4. The van der Waals surface area contributed by atoms with Crippen LogP contribution in [-0.4, -0.2) is 39.4 Å². The third-order valence-corrected chi connectivity index (χ3v) is 5.10. The minimum Gasteiger partial charge on any atom is -0.339 e. The van der Waals surface area contributed by atoms with Crippen LogP contribution in [0.25, 0.3) is 10.9 Å². The number of aromatic amines is 1. The summed E-state index contributed by atoms with van der Waals surface area (Å²) in [7, 11) is 1.60. The zero-order valence-corrected chi connectivity index (χ0v) is 14.7. The molecule has 1 N–H and O–H groups in total. The van der Waals surface area contributed by atoms with Crippen molar-refractivity contribution >= 4 is 16.8 Å². The molecule has 0 unspecified atom stereocenters. The molecule has 0 spiro atoms. The Labute approximate surface area is 148 Å². The second-order valence-electron chi connectivity index (χ2n) is 6.74. The number of fused-ring (bicyclic) bond motifs is 1. The predicted molar refractivity (Wildman–Crippen MR) is 93.8 cm³/mol. The molecule has 1 aliphatic rings. The first-order valence-electron chi connectivity index (χ1n) is 8.65. The second kappa shape index (κ2) is 6.66. The summed E-state index contributed by atoms with van der Waals surface area (Å²) >= 11 is 0. The first-order valence-corrected chi connectivity index (χ1v) is 8.65. The lowest BCUT2D eigenvalue weighted by molar-refractivity contribution is -0.0490. The highest BCUT2D eigenvalue weighted by atomic mass is 19.3. The zero-order chi connectivity index (χ0) is 19.1. The Balaban J connectivity index is 1.89. The summed E-state index contributed by atoms with van der Waals surface area (Å²) in [6, 6.07) is 4.26. The molecule has 1 heterocycles. The molecule has 3 rings (SSSR count). The Kier molecular flexibility index (Phi) is 4.68. The maximum absolute atomic E-state index is 13.3. The number of amides is 1. The molecule has 2 aromatic rings. The minimum atomic E-state index is -2.65. The van der Waals surface area contributed by atoms with Gasteiger partial charge in [0.25, 0.3) is 11.5 Å². The van der Waals surface area contributed by atoms with Crippen molar-refractivity contribution in [3.05, 3.63) is 44.6 Å². The highest BCUT2D eigenvalue weighted by molar-refractivity contribution is 5.97. The maximum Gasteiger partial charge on any atom is 0.328 e. The average Bonchev–Trinajstić information content (AvgIpc) is 2.60. The first-order chi connectivity index (χ1) is 12.2. The highest BCUT2D eigenvalue weighted by Crippen LogP contribution is 2.35. The van der Waals surface area contributed by atoms with Crippen LogP contribution in [-0.2, 0) is 6.54 Å². The lowest BCUT2D eigenvalue weighted by Gasteiger charge is -2.34. The van der Waals surface area contributed by atoms with Crippen LogP contribution < -0.4 is 11.2 Å². The van der Waals surface area contributed by atoms with E-state index in [1.165, 1.54) is 23.1 Å². The molecule has 1 amide bonds. The van der Waals surface area contributed by atoms with Crippen molar-refractivity contribution in [2.45, 2.75) is 51.1 Å². The molecule has 8 heteroatoms. The number of H-pyrrole nitrogens is 1. The van der Waals surface area contributed by atoms with Gasteiger partial charge in [0.2, 0.25) is 5.92 Å². The number of alkyl halides is 2. The summed E-state index contributed by atoms with van der Waals surface area (Å²) in [4.78, 5) is 41.0. The fraction of sp³-hybridized carbons (Fsp3) is 0.500. The largest absolute Gasteiger partial charge is 0.339 e. The van der Waals surface area contributed by atoms with Crippen LogP contribution in [0.3, 0.4) is 0 Å². The molecule has 1 saturated carbocycles. The Morgan fingerprint density at radius 3 is 2.58 bits per heavy atom. The average molecular weight is 365 g/mol. The molecular weight excluding hydrogens is 344 g/mol. The number of hydrogen-bond acceptors (Lipinski definition) is 3. The zero-order valence-electron chi connectivity index (χ0n) is 14.7. The smallest absolute Gasteiger partial charge is 0.328 e. The van der Waals surface area contributed by atoms with E-state index in [1.807, 2.05) is 0 Å². The van der Waals surface area contributed by atoms with Crippen molar-refractivity contribution in [2.24, 2.45) is 0 Å². The molecule has 140 valence electrons. The van der Waals surface area contributed by atoms with Gasteiger partial charge < -0.3 is 9.88 Å².